The number of hydrogen-bond donors (Lipinski definition) is 3. The molecule has 0 bridgehead atoms. The fourth-order valence-electron chi connectivity index (χ4n) is 1.50. The number of halogens is 3. The maximum Gasteiger partial charge on any atom is 0.416 e. The topological polar surface area (TPSA) is 80.0 Å². The SMILES string of the molecule is CNc1cc(C(F)(F)F)cc(NC(C)CC(N)=O)n1. The van der Waals surface area contributed by atoms with E-state index in [0.717, 1.165) is 12.1 Å². The van der Waals surface area contributed by atoms with Crippen LogP contribution in [0.25, 0.3) is 0 Å². The molecular weight excluding hydrogens is 261 g/mol. The molecule has 0 saturated heterocycles. The number of carbonyl (C=O) groups excluding carboxylic acids is 1. The lowest BCUT2D eigenvalue weighted by molar-refractivity contribution is -0.137. The van der Waals surface area contributed by atoms with Crippen LogP contribution < -0.4 is 16.4 Å². The van der Waals surface area contributed by atoms with Gasteiger partial charge in [0.1, 0.15) is 11.6 Å². The molecule has 1 aromatic rings. The van der Waals surface area contributed by atoms with Crippen molar-refractivity contribution >= 4 is 17.5 Å². The number of nitrogens with one attached hydrogen (secondary N) is 2. The molecule has 1 aromatic heterocycles. The number of nitrogens with zero attached hydrogens (tertiary/aromatic N) is 1. The van der Waals surface area contributed by atoms with Crippen molar-refractivity contribution in [2.24, 2.45) is 5.73 Å². The lowest BCUT2D eigenvalue weighted by Gasteiger charge is -2.16. The summed E-state index contributed by atoms with van der Waals surface area (Å²) in [6.45, 7) is 1.63. The van der Waals surface area contributed by atoms with Crippen molar-refractivity contribution in [2.45, 2.75) is 25.6 Å². The van der Waals surface area contributed by atoms with Crippen molar-refractivity contribution in [1.82, 2.24) is 4.98 Å². The minimum atomic E-state index is -4.46. The van der Waals surface area contributed by atoms with Gasteiger partial charge in [0.2, 0.25) is 5.91 Å². The Morgan fingerprint density at radius 1 is 1.42 bits per heavy atom. The van der Waals surface area contributed by atoms with Crippen LogP contribution in [-0.2, 0) is 11.0 Å². The first-order chi connectivity index (χ1) is 8.72. The molecular formula is C11H15F3N4O. The van der Waals surface area contributed by atoms with Crippen molar-refractivity contribution in [1.29, 1.82) is 0 Å². The minimum absolute atomic E-state index is 0.00676. The van der Waals surface area contributed by atoms with Gasteiger partial charge in [-0.3, -0.25) is 4.79 Å². The van der Waals surface area contributed by atoms with Crippen LogP contribution in [-0.4, -0.2) is 24.0 Å². The zero-order chi connectivity index (χ0) is 14.6. The Bertz CT molecular complexity index is 462. The Morgan fingerprint density at radius 3 is 2.47 bits per heavy atom. The van der Waals surface area contributed by atoms with Crippen molar-refractivity contribution in [3.05, 3.63) is 17.7 Å². The Balaban J connectivity index is 2.97. The minimum Gasteiger partial charge on any atom is -0.373 e. The summed E-state index contributed by atoms with van der Waals surface area (Å²) in [6.07, 6.45) is -4.45. The maximum atomic E-state index is 12.7. The van der Waals surface area contributed by atoms with Gasteiger partial charge in [0.25, 0.3) is 0 Å². The molecule has 1 atom stereocenters. The summed E-state index contributed by atoms with van der Waals surface area (Å²) in [5.41, 5.74) is 4.19. The molecule has 5 nitrogen and oxygen atoms in total. The second kappa shape index (κ2) is 5.77. The Hall–Kier alpha value is -1.99. The molecule has 19 heavy (non-hydrogen) atoms. The third-order valence-electron chi connectivity index (χ3n) is 2.31. The van der Waals surface area contributed by atoms with Crippen LogP contribution in [0.5, 0.6) is 0 Å². The summed E-state index contributed by atoms with van der Waals surface area (Å²) < 4.78 is 38.0. The Morgan fingerprint density at radius 2 is 2.00 bits per heavy atom. The number of primary amides is 1. The third kappa shape index (κ3) is 4.65. The van der Waals surface area contributed by atoms with Gasteiger partial charge in [-0.1, -0.05) is 0 Å². The lowest BCUT2D eigenvalue weighted by Crippen LogP contribution is -2.24. The van der Waals surface area contributed by atoms with Gasteiger partial charge in [-0.05, 0) is 19.1 Å². The predicted octanol–water partition coefficient (Wildman–Crippen LogP) is 1.82. The van der Waals surface area contributed by atoms with Crippen LogP contribution in [0.15, 0.2) is 12.1 Å². The summed E-state index contributed by atoms with van der Waals surface area (Å²) in [5.74, 6) is -0.419. The number of rotatable bonds is 5. The second-order valence-electron chi connectivity index (χ2n) is 4.09. The van der Waals surface area contributed by atoms with Crippen LogP contribution in [0.1, 0.15) is 18.9 Å². The van der Waals surface area contributed by atoms with Crippen LogP contribution in [0.2, 0.25) is 0 Å². The molecule has 1 amide bonds. The number of carbonyl (C=O) groups is 1. The fraction of sp³-hybridized carbons (Fsp3) is 0.455. The average molecular weight is 276 g/mol. The molecule has 0 aliphatic heterocycles. The number of nitrogens with two attached hydrogens (primary N) is 1. The zero-order valence-electron chi connectivity index (χ0n) is 10.5. The number of amides is 1. The molecule has 0 spiro atoms. The van der Waals surface area contributed by atoms with E-state index in [1.807, 2.05) is 0 Å². The van der Waals surface area contributed by atoms with Crippen LogP contribution in [0.3, 0.4) is 0 Å². The molecule has 0 aliphatic rings. The first-order valence-electron chi connectivity index (χ1n) is 5.54. The summed E-state index contributed by atoms with van der Waals surface area (Å²) in [4.78, 5) is 14.7. The first kappa shape index (κ1) is 15.1. The van der Waals surface area contributed by atoms with Gasteiger partial charge in [0, 0.05) is 19.5 Å². The van der Waals surface area contributed by atoms with Crippen molar-refractivity contribution in [3.8, 4) is 0 Å². The maximum absolute atomic E-state index is 12.7. The molecule has 8 heteroatoms. The van der Waals surface area contributed by atoms with Crippen molar-refractivity contribution in [2.75, 3.05) is 17.7 Å². The summed E-state index contributed by atoms with van der Waals surface area (Å²) >= 11 is 0. The molecule has 106 valence electrons. The highest BCUT2D eigenvalue weighted by Gasteiger charge is 2.31. The van der Waals surface area contributed by atoms with Crippen molar-refractivity contribution in [3.63, 3.8) is 0 Å². The van der Waals surface area contributed by atoms with E-state index in [1.54, 1.807) is 6.92 Å². The molecule has 1 unspecified atom stereocenters. The van der Waals surface area contributed by atoms with E-state index < -0.39 is 23.7 Å². The van der Waals surface area contributed by atoms with Crippen molar-refractivity contribution < 1.29 is 18.0 Å². The normalized spacial score (nSPS) is 12.9. The molecule has 0 saturated carbocycles. The monoisotopic (exact) mass is 276 g/mol. The summed E-state index contributed by atoms with van der Waals surface area (Å²) in [7, 11) is 1.47. The zero-order valence-corrected chi connectivity index (χ0v) is 10.5. The van der Waals surface area contributed by atoms with Crippen LogP contribution in [0, 0.1) is 0 Å². The smallest absolute Gasteiger partial charge is 0.373 e. The predicted molar refractivity (Wildman–Crippen MR) is 65.7 cm³/mol. The summed E-state index contributed by atoms with van der Waals surface area (Å²) in [6, 6.07) is 1.39. The number of aromatic nitrogens is 1. The molecule has 0 aromatic carbocycles. The average Bonchev–Trinajstić information content (AvgIpc) is 2.25. The van der Waals surface area contributed by atoms with E-state index >= 15 is 0 Å². The highest BCUT2D eigenvalue weighted by Crippen LogP contribution is 2.32. The highest BCUT2D eigenvalue weighted by atomic mass is 19.4. The van der Waals surface area contributed by atoms with Gasteiger partial charge >= 0.3 is 6.18 Å². The van der Waals surface area contributed by atoms with Gasteiger partial charge in [0.05, 0.1) is 5.56 Å². The van der Waals surface area contributed by atoms with Gasteiger partial charge in [-0.2, -0.15) is 13.2 Å². The number of hydrogen-bond acceptors (Lipinski definition) is 4. The van der Waals surface area contributed by atoms with E-state index in [9.17, 15) is 18.0 Å². The molecule has 4 N–H and O–H groups in total. The van der Waals surface area contributed by atoms with Crippen LogP contribution >= 0.6 is 0 Å². The Labute approximate surface area is 108 Å². The molecule has 1 rings (SSSR count). The van der Waals surface area contributed by atoms with Gasteiger partial charge in [-0.25, -0.2) is 4.98 Å². The lowest BCUT2D eigenvalue weighted by atomic mass is 10.2. The summed E-state index contributed by atoms with van der Waals surface area (Å²) in [5, 5.41) is 5.26. The Kier molecular flexibility index (Phi) is 4.57. The number of pyridine rings is 1. The number of anilines is 2. The molecule has 0 fully saturated rings. The molecule has 0 aliphatic carbocycles. The van der Waals surface area contributed by atoms with Gasteiger partial charge in [0.15, 0.2) is 0 Å². The van der Waals surface area contributed by atoms with Gasteiger partial charge < -0.3 is 16.4 Å². The van der Waals surface area contributed by atoms with E-state index in [1.165, 1.54) is 7.05 Å². The van der Waals surface area contributed by atoms with Crippen LogP contribution in [0.4, 0.5) is 24.8 Å². The fourth-order valence-corrected chi connectivity index (χ4v) is 1.50. The van der Waals surface area contributed by atoms with E-state index in [-0.39, 0.29) is 18.1 Å². The quantitative estimate of drug-likeness (QED) is 0.766. The van der Waals surface area contributed by atoms with E-state index in [0.29, 0.717) is 0 Å². The first-order valence-corrected chi connectivity index (χ1v) is 5.54. The third-order valence-corrected chi connectivity index (χ3v) is 2.31. The number of alkyl halides is 3. The van der Waals surface area contributed by atoms with E-state index in [2.05, 4.69) is 15.6 Å². The second-order valence-corrected chi connectivity index (χ2v) is 4.09. The molecule has 0 radical (unpaired) electrons. The van der Waals surface area contributed by atoms with Gasteiger partial charge in [-0.15, -0.1) is 0 Å². The standard InChI is InChI=1S/C11H15F3N4O/c1-6(3-8(15)19)17-10-5-7(11(12,13)14)4-9(16-2)18-10/h4-6H,3H2,1-2H3,(H2,15,19)(H2,16,17,18). The largest absolute Gasteiger partial charge is 0.416 e. The van der Waals surface area contributed by atoms with E-state index in [4.69, 9.17) is 5.73 Å². The molecule has 1 heterocycles. The highest BCUT2D eigenvalue weighted by molar-refractivity contribution is 5.74.